The van der Waals surface area contributed by atoms with E-state index in [2.05, 4.69) is 6.92 Å². The summed E-state index contributed by atoms with van der Waals surface area (Å²) in [7, 11) is 0. The molecule has 0 spiro atoms. The largest absolute Gasteiger partial charge is 0.481 e. The highest BCUT2D eigenvalue weighted by Crippen LogP contribution is 2.19. The predicted octanol–water partition coefficient (Wildman–Crippen LogP) is 2.50. The minimum Gasteiger partial charge on any atom is -0.481 e. The van der Waals surface area contributed by atoms with E-state index in [0.717, 1.165) is 32.2 Å². The van der Waals surface area contributed by atoms with Crippen LogP contribution in [0.2, 0.25) is 0 Å². The molecular weight excluding hydrogens is 234 g/mol. The maximum Gasteiger partial charge on any atom is 0.409 e. The lowest BCUT2D eigenvalue weighted by Crippen LogP contribution is -2.38. The summed E-state index contributed by atoms with van der Waals surface area (Å²) in [4.78, 5) is 23.8. The first-order valence-corrected chi connectivity index (χ1v) is 6.77. The maximum absolute atomic E-state index is 11.4. The molecule has 5 nitrogen and oxygen atoms in total. The Morgan fingerprint density at radius 1 is 1.44 bits per heavy atom. The molecule has 0 radical (unpaired) electrons. The first kappa shape index (κ1) is 14.8. The summed E-state index contributed by atoms with van der Waals surface area (Å²) in [6, 6.07) is 0. The van der Waals surface area contributed by atoms with Gasteiger partial charge >= 0.3 is 12.1 Å². The quantitative estimate of drug-likeness (QED) is 0.725. The van der Waals surface area contributed by atoms with Crippen LogP contribution in [0.15, 0.2) is 0 Å². The first-order chi connectivity index (χ1) is 8.63. The van der Waals surface area contributed by atoms with Gasteiger partial charge in [-0.2, -0.15) is 0 Å². The van der Waals surface area contributed by atoms with Crippen molar-refractivity contribution < 1.29 is 19.4 Å². The summed E-state index contributed by atoms with van der Waals surface area (Å²) in [6.45, 7) is 4.06. The van der Waals surface area contributed by atoms with Gasteiger partial charge in [0.15, 0.2) is 0 Å². The van der Waals surface area contributed by atoms with Crippen LogP contribution in [-0.4, -0.2) is 41.8 Å². The van der Waals surface area contributed by atoms with Gasteiger partial charge in [0.05, 0.1) is 6.61 Å². The SMILES string of the molecule is CCCC(CCC(=O)O)CCN1CCCOC1=O. The fraction of sp³-hybridized carbons (Fsp3) is 0.846. The van der Waals surface area contributed by atoms with Gasteiger partial charge in [-0.25, -0.2) is 4.79 Å². The van der Waals surface area contributed by atoms with E-state index in [1.807, 2.05) is 0 Å². The molecule has 0 aromatic rings. The van der Waals surface area contributed by atoms with E-state index in [9.17, 15) is 9.59 Å². The Bertz CT molecular complexity index is 280. The van der Waals surface area contributed by atoms with Crippen LogP contribution in [0.3, 0.4) is 0 Å². The lowest BCUT2D eigenvalue weighted by atomic mass is 9.94. The number of aliphatic carboxylic acids is 1. The molecule has 0 aliphatic carbocycles. The molecule has 5 heteroatoms. The third-order valence-electron chi connectivity index (χ3n) is 3.33. The highest BCUT2D eigenvalue weighted by atomic mass is 16.6. The number of carboxylic acid groups (broad SMARTS) is 1. The van der Waals surface area contributed by atoms with Crippen molar-refractivity contribution in [3.05, 3.63) is 0 Å². The van der Waals surface area contributed by atoms with Gasteiger partial charge in [-0.3, -0.25) is 4.79 Å². The van der Waals surface area contributed by atoms with E-state index in [1.165, 1.54) is 0 Å². The molecule has 1 aliphatic heterocycles. The van der Waals surface area contributed by atoms with Gasteiger partial charge in [-0.05, 0) is 25.2 Å². The number of hydrogen-bond acceptors (Lipinski definition) is 3. The Kier molecular flexibility index (Phi) is 6.54. The molecule has 1 amide bonds. The lowest BCUT2D eigenvalue weighted by Gasteiger charge is -2.28. The Balaban J connectivity index is 2.31. The van der Waals surface area contributed by atoms with E-state index in [4.69, 9.17) is 9.84 Å². The number of cyclic esters (lactones) is 1. The molecule has 0 aromatic carbocycles. The molecule has 1 saturated heterocycles. The molecule has 0 aromatic heterocycles. The van der Waals surface area contributed by atoms with Gasteiger partial charge in [0.1, 0.15) is 0 Å². The fourth-order valence-corrected chi connectivity index (χ4v) is 2.31. The molecule has 0 saturated carbocycles. The van der Waals surface area contributed by atoms with Crippen LogP contribution in [0.5, 0.6) is 0 Å². The number of nitrogens with zero attached hydrogens (tertiary/aromatic N) is 1. The smallest absolute Gasteiger partial charge is 0.409 e. The molecule has 1 unspecified atom stereocenters. The first-order valence-electron chi connectivity index (χ1n) is 6.77. The van der Waals surface area contributed by atoms with Crippen molar-refractivity contribution in [1.82, 2.24) is 4.90 Å². The Labute approximate surface area is 108 Å². The number of carboxylic acids is 1. The van der Waals surface area contributed by atoms with E-state index in [0.29, 0.717) is 25.5 Å². The van der Waals surface area contributed by atoms with Gasteiger partial charge in [0.2, 0.25) is 0 Å². The third kappa shape index (κ3) is 5.38. The summed E-state index contributed by atoms with van der Waals surface area (Å²) >= 11 is 0. The van der Waals surface area contributed by atoms with Crippen LogP contribution in [-0.2, 0) is 9.53 Å². The second-order valence-electron chi connectivity index (χ2n) is 4.83. The summed E-state index contributed by atoms with van der Waals surface area (Å²) in [6.07, 6.45) is 4.52. The minimum absolute atomic E-state index is 0.217. The molecule has 18 heavy (non-hydrogen) atoms. The van der Waals surface area contributed by atoms with Crippen LogP contribution in [0, 0.1) is 5.92 Å². The topological polar surface area (TPSA) is 66.8 Å². The Morgan fingerprint density at radius 2 is 2.22 bits per heavy atom. The zero-order valence-corrected chi connectivity index (χ0v) is 11.1. The maximum atomic E-state index is 11.4. The van der Waals surface area contributed by atoms with Crippen molar-refractivity contribution >= 4 is 12.1 Å². The van der Waals surface area contributed by atoms with Gasteiger partial charge in [-0.1, -0.05) is 19.8 Å². The average molecular weight is 257 g/mol. The molecule has 1 N–H and O–H groups in total. The number of carbonyl (C=O) groups excluding carboxylic acids is 1. The zero-order chi connectivity index (χ0) is 13.4. The Morgan fingerprint density at radius 3 is 2.83 bits per heavy atom. The molecule has 1 aliphatic rings. The number of rotatable bonds is 8. The van der Waals surface area contributed by atoms with E-state index in [1.54, 1.807) is 4.90 Å². The average Bonchev–Trinajstić information content (AvgIpc) is 2.34. The van der Waals surface area contributed by atoms with Gasteiger partial charge in [0, 0.05) is 19.5 Å². The molecule has 1 rings (SSSR count). The van der Waals surface area contributed by atoms with Crippen molar-refractivity contribution in [2.24, 2.45) is 5.92 Å². The molecular formula is C13H23NO4. The van der Waals surface area contributed by atoms with Gasteiger partial charge < -0.3 is 14.7 Å². The van der Waals surface area contributed by atoms with Crippen molar-refractivity contribution in [3.8, 4) is 0 Å². The van der Waals surface area contributed by atoms with E-state index < -0.39 is 5.97 Å². The van der Waals surface area contributed by atoms with Crippen molar-refractivity contribution in [2.45, 2.75) is 45.4 Å². The monoisotopic (exact) mass is 257 g/mol. The van der Waals surface area contributed by atoms with E-state index in [-0.39, 0.29) is 12.5 Å². The Hall–Kier alpha value is -1.26. The summed E-state index contributed by atoms with van der Waals surface area (Å²) in [5, 5.41) is 8.71. The summed E-state index contributed by atoms with van der Waals surface area (Å²) < 4.78 is 4.97. The highest BCUT2D eigenvalue weighted by Gasteiger charge is 2.20. The van der Waals surface area contributed by atoms with E-state index >= 15 is 0 Å². The van der Waals surface area contributed by atoms with Crippen LogP contribution in [0.4, 0.5) is 4.79 Å². The van der Waals surface area contributed by atoms with Gasteiger partial charge in [0.25, 0.3) is 0 Å². The number of carbonyl (C=O) groups is 2. The highest BCUT2D eigenvalue weighted by molar-refractivity contribution is 5.68. The number of ether oxygens (including phenoxy) is 1. The minimum atomic E-state index is -0.742. The molecule has 0 bridgehead atoms. The fourth-order valence-electron chi connectivity index (χ4n) is 2.31. The summed E-state index contributed by atoms with van der Waals surface area (Å²) in [5.41, 5.74) is 0. The molecule has 1 fully saturated rings. The number of amides is 1. The second kappa shape index (κ2) is 7.95. The normalized spacial score (nSPS) is 17.4. The zero-order valence-electron chi connectivity index (χ0n) is 11.1. The predicted molar refractivity (Wildman–Crippen MR) is 67.4 cm³/mol. The third-order valence-corrected chi connectivity index (χ3v) is 3.33. The summed E-state index contributed by atoms with van der Waals surface area (Å²) in [5.74, 6) is -0.352. The van der Waals surface area contributed by atoms with Crippen LogP contribution in [0.1, 0.15) is 45.4 Å². The van der Waals surface area contributed by atoms with Crippen molar-refractivity contribution in [3.63, 3.8) is 0 Å². The van der Waals surface area contributed by atoms with Crippen LogP contribution in [0.25, 0.3) is 0 Å². The molecule has 1 heterocycles. The standard InChI is InChI=1S/C13H23NO4/c1-2-4-11(5-6-12(15)16)7-9-14-8-3-10-18-13(14)17/h11H,2-10H2,1H3,(H,15,16). The second-order valence-corrected chi connectivity index (χ2v) is 4.83. The van der Waals surface area contributed by atoms with Gasteiger partial charge in [-0.15, -0.1) is 0 Å². The van der Waals surface area contributed by atoms with Crippen LogP contribution >= 0.6 is 0 Å². The molecule has 1 atom stereocenters. The molecule has 104 valence electrons. The van der Waals surface area contributed by atoms with Crippen LogP contribution < -0.4 is 0 Å². The van der Waals surface area contributed by atoms with Crippen molar-refractivity contribution in [1.29, 1.82) is 0 Å². The number of hydrogen-bond donors (Lipinski definition) is 1. The lowest BCUT2D eigenvalue weighted by molar-refractivity contribution is -0.137. The van der Waals surface area contributed by atoms with Crippen molar-refractivity contribution in [2.75, 3.05) is 19.7 Å².